The summed E-state index contributed by atoms with van der Waals surface area (Å²) in [5, 5.41) is 2.30. The molecule has 0 aromatic heterocycles. The Morgan fingerprint density at radius 1 is 1.38 bits per heavy atom. The van der Waals surface area contributed by atoms with E-state index in [9.17, 15) is 13.6 Å². The van der Waals surface area contributed by atoms with E-state index in [0.717, 1.165) is 12.1 Å². The van der Waals surface area contributed by atoms with Crippen LogP contribution in [0.3, 0.4) is 0 Å². The maximum Gasteiger partial charge on any atom is 0.224 e. The topological polar surface area (TPSA) is 29.1 Å². The molecule has 0 radical (unpaired) electrons. The molecule has 0 aliphatic rings. The molecule has 1 aromatic carbocycles. The van der Waals surface area contributed by atoms with Crippen LogP contribution in [0.25, 0.3) is 0 Å². The minimum Gasteiger partial charge on any atom is -0.324 e. The predicted molar refractivity (Wildman–Crippen MR) is 59.7 cm³/mol. The first-order valence-corrected chi connectivity index (χ1v) is 5.39. The van der Waals surface area contributed by atoms with Gasteiger partial charge in [-0.1, -0.05) is 0 Å². The van der Waals surface area contributed by atoms with Crippen LogP contribution in [0.15, 0.2) is 12.1 Å². The summed E-state index contributed by atoms with van der Waals surface area (Å²) < 4.78 is 26.4. The lowest BCUT2D eigenvalue weighted by Crippen LogP contribution is -2.13. The van der Waals surface area contributed by atoms with Gasteiger partial charge in [-0.05, 0) is 25.0 Å². The Bertz CT molecular complexity index is 396. The van der Waals surface area contributed by atoms with Crippen LogP contribution in [0.1, 0.15) is 18.4 Å². The predicted octanol–water partition coefficient (Wildman–Crippen LogP) is 3.23. The van der Waals surface area contributed by atoms with E-state index in [1.807, 2.05) is 0 Å². The van der Waals surface area contributed by atoms with Gasteiger partial charge in [-0.2, -0.15) is 0 Å². The highest BCUT2D eigenvalue weighted by atomic mass is 35.5. The number of aryl methyl sites for hydroxylation is 1. The van der Waals surface area contributed by atoms with Crippen molar-refractivity contribution in [2.45, 2.75) is 19.8 Å². The SMILES string of the molecule is Cc1cc(F)c(NC(=O)CCCCl)cc1F. The molecule has 0 fully saturated rings. The minimum absolute atomic E-state index is 0.136. The summed E-state index contributed by atoms with van der Waals surface area (Å²) >= 11 is 5.41. The number of hydrogen-bond donors (Lipinski definition) is 1. The number of anilines is 1. The van der Waals surface area contributed by atoms with Crippen LogP contribution in [0.2, 0.25) is 0 Å². The van der Waals surface area contributed by atoms with Gasteiger partial charge >= 0.3 is 0 Å². The molecule has 0 saturated heterocycles. The van der Waals surface area contributed by atoms with Crippen molar-refractivity contribution in [1.29, 1.82) is 0 Å². The van der Waals surface area contributed by atoms with E-state index in [4.69, 9.17) is 11.6 Å². The van der Waals surface area contributed by atoms with Gasteiger partial charge in [0.1, 0.15) is 11.6 Å². The van der Waals surface area contributed by atoms with Crippen LogP contribution in [0.5, 0.6) is 0 Å². The number of rotatable bonds is 4. The van der Waals surface area contributed by atoms with Gasteiger partial charge < -0.3 is 5.32 Å². The van der Waals surface area contributed by atoms with Gasteiger partial charge in [0.15, 0.2) is 0 Å². The van der Waals surface area contributed by atoms with Crippen molar-refractivity contribution >= 4 is 23.2 Å². The molecular weight excluding hydrogens is 236 g/mol. The average Bonchev–Trinajstić information content (AvgIpc) is 2.23. The Labute approximate surface area is 97.6 Å². The molecule has 0 unspecified atom stereocenters. The van der Waals surface area contributed by atoms with E-state index in [2.05, 4.69) is 5.32 Å². The van der Waals surface area contributed by atoms with E-state index in [1.54, 1.807) is 0 Å². The van der Waals surface area contributed by atoms with Gasteiger partial charge in [0.2, 0.25) is 5.91 Å². The standard InChI is InChI=1S/C11H12ClF2NO/c1-7-5-9(14)10(6-8(7)13)15-11(16)3-2-4-12/h5-6H,2-4H2,1H3,(H,15,16). The van der Waals surface area contributed by atoms with Gasteiger partial charge in [0.05, 0.1) is 5.69 Å². The molecule has 0 heterocycles. The van der Waals surface area contributed by atoms with Crippen molar-refractivity contribution in [2.75, 3.05) is 11.2 Å². The third-order valence-corrected chi connectivity index (χ3v) is 2.33. The number of amides is 1. The normalized spacial score (nSPS) is 10.2. The Kier molecular flexibility index (Phi) is 4.68. The van der Waals surface area contributed by atoms with Crippen molar-refractivity contribution < 1.29 is 13.6 Å². The Balaban J connectivity index is 2.73. The number of alkyl halides is 1. The zero-order chi connectivity index (χ0) is 12.1. The first-order valence-electron chi connectivity index (χ1n) is 4.86. The van der Waals surface area contributed by atoms with E-state index in [-0.39, 0.29) is 23.6 Å². The van der Waals surface area contributed by atoms with Crippen LogP contribution < -0.4 is 5.32 Å². The highest BCUT2D eigenvalue weighted by Gasteiger charge is 2.09. The molecule has 0 saturated carbocycles. The first-order chi connectivity index (χ1) is 7.54. The number of hydrogen-bond acceptors (Lipinski definition) is 1. The Morgan fingerprint density at radius 2 is 2.06 bits per heavy atom. The van der Waals surface area contributed by atoms with E-state index in [0.29, 0.717) is 12.3 Å². The van der Waals surface area contributed by atoms with E-state index in [1.165, 1.54) is 6.92 Å². The quantitative estimate of drug-likeness (QED) is 0.814. The summed E-state index contributed by atoms with van der Waals surface area (Å²) in [4.78, 5) is 11.3. The largest absolute Gasteiger partial charge is 0.324 e. The molecule has 0 atom stereocenters. The number of nitrogens with one attached hydrogen (secondary N) is 1. The summed E-state index contributed by atoms with van der Waals surface area (Å²) in [5.41, 5.74) is 0.0685. The summed E-state index contributed by atoms with van der Waals surface area (Å²) in [5.74, 6) is -1.20. The zero-order valence-electron chi connectivity index (χ0n) is 8.82. The third-order valence-electron chi connectivity index (χ3n) is 2.06. The molecule has 1 aromatic rings. The van der Waals surface area contributed by atoms with Crippen LogP contribution >= 0.6 is 11.6 Å². The van der Waals surface area contributed by atoms with Crippen molar-refractivity contribution in [1.82, 2.24) is 0 Å². The maximum absolute atomic E-state index is 13.3. The number of carbonyl (C=O) groups is 1. The lowest BCUT2D eigenvalue weighted by Gasteiger charge is -2.07. The van der Waals surface area contributed by atoms with Gasteiger partial charge in [-0.15, -0.1) is 11.6 Å². The fraction of sp³-hybridized carbons (Fsp3) is 0.364. The van der Waals surface area contributed by atoms with Crippen molar-refractivity contribution in [3.63, 3.8) is 0 Å². The average molecular weight is 248 g/mol. The van der Waals surface area contributed by atoms with Crippen LogP contribution in [0, 0.1) is 18.6 Å². The lowest BCUT2D eigenvalue weighted by atomic mass is 10.2. The van der Waals surface area contributed by atoms with E-state index < -0.39 is 11.6 Å². The Morgan fingerprint density at radius 3 is 2.69 bits per heavy atom. The number of carbonyl (C=O) groups excluding carboxylic acids is 1. The minimum atomic E-state index is -0.641. The van der Waals surface area contributed by atoms with Crippen molar-refractivity contribution in [2.24, 2.45) is 0 Å². The second-order valence-electron chi connectivity index (χ2n) is 3.42. The summed E-state index contributed by atoms with van der Waals surface area (Å²) in [7, 11) is 0. The molecule has 88 valence electrons. The monoisotopic (exact) mass is 247 g/mol. The summed E-state index contributed by atoms with van der Waals surface area (Å²) in [6, 6.07) is 2.02. The Hall–Kier alpha value is -1.16. The van der Waals surface area contributed by atoms with Crippen LogP contribution in [-0.4, -0.2) is 11.8 Å². The second-order valence-corrected chi connectivity index (χ2v) is 3.80. The van der Waals surface area contributed by atoms with Crippen molar-refractivity contribution in [3.8, 4) is 0 Å². The highest BCUT2D eigenvalue weighted by molar-refractivity contribution is 6.18. The zero-order valence-corrected chi connectivity index (χ0v) is 9.57. The molecule has 1 amide bonds. The van der Waals surface area contributed by atoms with Gasteiger partial charge in [0, 0.05) is 18.4 Å². The van der Waals surface area contributed by atoms with Crippen LogP contribution in [0.4, 0.5) is 14.5 Å². The molecule has 5 heteroatoms. The fourth-order valence-electron chi connectivity index (χ4n) is 1.18. The lowest BCUT2D eigenvalue weighted by molar-refractivity contribution is -0.116. The maximum atomic E-state index is 13.3. The molecule has 1 N–H and O–H groups in total. The molecule has 0 spiro atoms. The van der Waals surface area contributed by atoms with Gasteiger partial charge in [0.25, 0.3) is 0 Å². The van der Waals surface area contributed by atoms with E-state index >= 15 is 0 Å². The third kappa shape index (κ3) is 3.45. The summed E-state index contributed by atoms with van der Waals surface area (Å²) in [6.07, 6.45) is 0.696. The number of benzene rings is 1. The highest BCUT2D eigenvalue weighted by Crippen LogP contribution is 2.19. The number of halogens is 3. The first kappa shape index (κ1) is 12.9. The molecule has 1 rings (SSSR count). The molecule has 0 bridgehead atoms. The smallest absolute Gasteiger partial charge is 0.224 e. The molecule has 0 aliphatic carbocycles. The molecule has 0 aliphatic heterocycles. The fourth-order valence-corrected chi connectivity index (χ4v) is 1.32. The molecular formula is C11H12ClF2NO. The van der Waals surface area contributed by atoms with Gasteiger partial charge in [-0.3, -0.25) is 4.79 Å². The summed E-state index contributed by atoms with van der Waals surface area (Å²) in [6.45, 7) is 1.46. The molecule has 2 nitrogen and oxygen atoms in total. The van der Waals surface area contributed by atoms with Crippen molar-refractivity contribution in [3.05, 3.63) is 29.3 Å². The molecule has 16 heavy (non-hydrogen) atoms. The second kappa shape index (κ2) is 5.80. The van der Waals surface area contributed by atoms with Crippen LogP contribution in [-0.2, 0) is 4.79 Å². The van der Waals surface area contributed by atoms with Gasteiger partial charge in [-0.25, -0.2) is 8.78 Å².